The number of carbonyl (C=O) groups excluding carboxylic acids is 1. The third-order valence-electron chi connectivity index (χ3n) is 2.75. The molecule has 1 unspecified atom stereocenters. The third kappa shape index (κ3) is 1.76. The smallest absolute Gasteiger partial charge is 0.335 e. The molecule has 0 bridgehead atoms. The topological polar surface area (TPSA) is 59.3 Å². The van der Waals surface area contributed by atoms with Gasteiger partial charge in [-0.3, -0.25) is 0 Å². The summed E-state index contributed by atoms with van der Waals surface area (Å²) in [5.41, 5.74) is -0.282. The minimum Gasteiger partial charge on any atom is -0.497 e. The average Bonchev–Trinajstić information content (AvgIpc) is 2.66. The second-order valence-electron chi connectivity index (χ2n) is 3.84. The lowest BCUT2D eigenvalue weighted by molar-refractivity contribution is -0.143. The Kier molecular flexibility index (Phi) is 2.60. The van der Waals surface area contributed by atoms with E-state index in [-0.39, 0.29) is 6.42 Å². The van der Waals surface area contributed by atoms with Gasteiger partial charge in [-0.1, -0.05) is 18.7 Å². The summed E-state index contributed by atoms with van der Waals surface area (Å²) in [5.74, 6) is 0.173. The summed E-state index contributed by atoms with van der Waals surface area (Å²) in [4.78, 5) is 11.3. The van der Waals surface area contributed by atoms with E-state index >= 15 is 0 Å². The predicted molar refractivity (Wildman–Crippen MR) is 60.1 cm³/mol. The van der Waals surface area contributed by atoms with Crippen molar-refractivity contribution < 1.29 is 14.3 Å². The van der Waals surface area contributed by atoms with Gasteiger partial charge in [0, 0.05) is 17.6 Å². The summed E-state index contributed by atoms with van der Waals surface area (Å²) in [6.45, 7) is 3.59. The monoisotopic (exact) mass is 229 g/mol. The Morgan fingerprint density at radius 3 is 2.53 bits per heavy atom. The molecule has 4 heteroatoms. The molecule has 1 aliphatic heterocycles. The highest BCUT2D eigenvalue weighted by Crippen LogP contribution is 2.38. The summed E-state index contributed by atoms with van der Waals surface area (Å²) >= 11 is 0. The molecule has 17 heavy (non-hydrogen) atoms. The lowest BCUT2D eigenvalue weighted by atomic mass is 9.91. The Hall–Kier alpha value is -2.28. The molecular weight excluding hydrogens is 218 g/mol. The highest BCUT2D eigenvalue weighted by atomic mass is 16.6. The number of hydrogen-bond donors (Lipinski definition) is 0. The number of hydrogen-bond acceptors (Lipinski definition) is 4. The number of esters is 1. The maximum atomic E-state index is 11.3. The fraction of sp³-hybridized carbons (Fsp3) is 0.231. The molecule has 0 aliphatic carbocycles. The lowest BCUT2D eigenvalue weighted by Gasteiger charge is -2.19. The van der Waals surface area contributed by atoms with Crippen LogP contribution in [-0.2, 0) is 15.1 Å². The summed E-state index contributed by atoms with van der Waals surface area (Å²) in [5, 5.41) is 9.23. The highest BCUT2D eigenvalue weighted by molar-refractivity contribution is 5.91. The highest BCUT2D eigenvalue weighted by Gasteiger charge is 2.44. The van der Waals surface area contributed by atoms with Gasteiger partial charge in [-0.05, 0) is 12.1 Å². The number of nitrogens with zero attached hydrogens (tertiary/aromatic N) is 1. The van der Waals surface area contributed by atoms with Crippen LogP contribution in [0, 0.1) is 11.3 Å². The van der Waals surface area contributed by atoms with Crippen molar-refractivity contribution >= 4 is 5.97 Å². The molecule has 1 saturated heterocycles. The van der Waals surface area contributed by atoms with Crippen LogP contribution in [0.4, 0.5) is 0 Å². The zero-order chi connectivity index (χ0) is 12.5. The van der Waals surface area contributed by atoms with Crippen LogP contribution in [-0.4, -0.2) is 13.1 Å². The van der Waals surface area contributed by atoms with Crippen LogP contribution in [0.3, 0.4) is 0 Å². The number of methoxy groups -OCH3 is 1. The van der Waals surface area contributed by atoms with Crippen LogP contribution in [0.2, 0.25) is 0 Å². The summed E-state index contributed by atoms with van der Waals surface area (Å²) in [6.07, 6.45) is 0.203. The molecule has 0 aromatic heterocycles. The van der Waals surface area contributed by atoms with Crippen LogP contribution in [0.15, 0.2) is 36.4 Å². The fourth-order valence-corrected chi connectivity index (χ4v) is 1.79. The van der Waals surface area contributed by atoms with E-state index in [1.807, 2.05) is 6.07 Å². The molecule has 1 aromatic carbocycles. The fourth-order valence-electron chi connectivity index (χ4n) is 1.79. The SMILES string of the molecule is C=C1CC(C#N)(c2ccc(OC)cc2)OC1=O. The number of nitriles is 1. The number of ether oxygens (including phenoxy) is 2. The molecule has 1 atom stereocenters. The number of rotatable bonds is 2. The van der Waals surface area contributed by atoms with E-state index in [2.05, 4.69) is 6.58 Å². The molecule has 0 saturated carbocycles. The Morgan fingerprint density at radius 2 is 2.12 bits per heavy atom. The molecule has 1 heterocycles. The first-order chi connectivity index (χ1) is 8.11. The molecular formula is C13H11NO3. The van der Waals surface area contributed by atoms with E-state index < -0.39 is 11.6 Å². The van der Waals surface area contributed by atoms with Crippen LogP contribution in [0.1, 0.15) is 12.0 Å². The van der Waals surface area contributed by atoms with Crippen molar-refractivity contribution in [1.82, 2.24) is 0 Å². The second-order valence-corrected chi connectivity index (χ2v) is 3.84. The van der Waals surface area contributed by atoms with E-state index in [9.17, 15) is 10.1 Å². The minimum atomic E-state index is -1.24. The Bertz CT molecular complexity index is 494. The summed E-state index contributed by atoms with van der Waals surface area (Å²) in [7, 11) is 1.56. The minimum absolute atomic E-state index is 0.203. The van der Waals surface area contributed by atoms with Gasteiger partial charge in [-0.2, -0.15) is 5.26 Å². The Labute approximate surface area is 99.1 Å². The number of carbonyl (C=O) groups is 1. The van der Waals surface area contributed by atoms with Crippen LogP contribution < -0.4 is 4.74 Å². The molecule has 0 radical (unpaired) electrons. The number of cyclic esters (lactones) is 1. The van der Waals surface area contributed by atoms with Crippen LogP contribution in [0.25, 0.3) is 0 Å². The summed E-state index contributed by atoms with van der Waals surface area (Å²) < 4.78 is 10.2. The van der Waals surface area contributed by atoms with Crippen molar-refractivity contribution in [1.29, 1.82) is 5.26 Å². The summed E-state index contributed by atoms with van der Waals surface area (Å²) in [6, 6.07) is 8.93. The second kappa shape index (κ2) is 3.95. The van der Waals surface area contributed by atoms with Gasteiger partial charge in [-0.15, -0.1) is 0 Å². The van der Waals surface area contributed by atoms with Gasteiger partial charge in [0.2, 0.25) is 5.60 Å². The van der Waals surface area contributed by atoms with Gasteiger partial charge >= 0.3 is 5.97 Å². The molecule has 0 N–H and O–H groups in total. The third-order valence-corrected chi connectivity index (χ3v) is 2.75. The van der Waals surface area contributed by atoms with Crippen molar-refractivity contribution in [3.8, 4) is 11.8 Å². The van der Waals surface area contributed by atoms with Crippen LogP contribution in [0.5, 0.6) is 5.75 Å². The molecule has 1 aliphatic rings. The van der Waals surface area contributed by atoms with Gasteiger partial charge in [0.1, 0.15) is 11.8 Å². The van der Waals surface area contributed by atoms with Gasteiger partial charge < -0.3 is 9.47 Å². The Morgan fingerprint density at radius 1 is 1.47 bits per heavy atom. The molecule has 86 valence electrons. The molecule has 1 fully saturated rings. The zero-order valence-corrected chi connectivity index (χ0v) is 9.40. The maximum absolute atomic E-state index is 11.3. The predicted octanol–water partition coefficient (Wildman–Crippen LogP) is 1.92. The van der Waals surface area contributed by atoms with E-state index in [0.29, 0.717) is 16.9 Å². The van der Waals surface area contributed by atoms with Gasteiger partial charge in [0.15, 0.2) is 0 Å². The average molecular weight is 229 g/mol. The first-order valence-electron chi connectivity index (χ1n) is 5.08. The Balaban J connectivity index is 2.40. The van der Waals surface area contributed by atoms with Crippen molar-refractivity contribution in [2.45, 2.75) is 12.0 Å². The van der Waals surface area contributed by atoms with Crippen molar-refractivity contribution in [3.63, 3.8) is 0 Å². The number of benzene rings is 1. The van der Waals surface area contributed by atoms with Crippen molar-refractivity contribution in [3.05, 3.63) is 42.0 Å². The molecule has 1 aromatic rings. The molecule has 0 spiro atoms. The van der Waals surface area contributed by atoms with E-state index in [1.54, 1.807) is 31.4 Å². The molecule has 2 rings (SSSR count). The maximum Gasteiger partial charge on any atom is 0.335 e. The molecule has 4 nitrogen and oxygen atoms in total. The first kappa shape index (κ1) is 11.2. The van der Waals surface area contributed by atoms with E-state index in [4.69, 9.17) is 9.47 Å². The van der Waals surface area contributed by atoms with Crippen molar-refractivity contribution in [2.75, 3.05) is 7.11 Å². The lowest BCUT2D eigenvalue weighted by Crippen LogP contribution is -2.23. The van der Waals surface area contributed by atoms with E-state index in [0.717, 1.165) is 0 Å². The van der Waals surface area contributed by atoms with Crippen molar-refractivity contribution in [2.24, 2.45) is 0 Å². The van der Waals surface area contributed by atoms with Gasteiger partial charge in [0.05, 0.1) is 7.11 Å². The first-order valence-corrected chi connectivity index (χ1v) is 5.08. The van der Waals surface area contributed by atoms with Gasteiger partial charge in [0.25, 0.3) is 0 Å². The largest absolute Gasteiger partial charge is 0.497 e. The van der Waals surface area contributed by atoms with Crippen LogP contribution >= 0.6 is 0 Å². The van der Waals surface area contributed by atoms with Gasteiger partial charge in [-0.25, -0.2) is 4.79 Å². The quantitative estimate of drug-likeness (QED) is 0.574. The van der Waals surface area contributed by atoms with E-state index in [1.165, 1.54) is 0 Å². The molecule has 0 amide bonds. The standard InChI is InChI=1S/C13H11NO3/c1-9-7-13(8-14,17-12(9)15)10-3-5-11(16-2)6-4-10/h3-6H,1,7H2,2H3. The zero-order valence-electron chi connectivity index (χ0n) is 9.40. The normalized spacial score (nSPS) is 23.1.